The maximum absolute atomic E-state index is 12.9. The molecule has 13 heavy (non-hydrogen) atoms. The molecular formula is C8H4FNO3. The molecule has 0 unspecified atom stereocenters. The summed E-state index contributed by atoms with van der Waals surface area (Å²) in [6, 6.07) is 4.04. The third kappa shape index (κ3) is 1.05. The summed E-state index contributed by atoms with van der Waals surface area (Å²) in [6.45, 7) is 0. The SMILES string of the molecule is O=C(O)c1onc2c(F)cccc12. The molecule has 1 aromatic carbocycles. The van der Waals surface area contributed by atoms with E-state index in [0.717, 1.165) is 0 Å². The summed E-state index contributed by atoms with van der Waals surface area (Å²) in [5.74, 6) is -2.18. The first-order valence-electron chi connectivity index (χ1n) is 3.47. The van der Waals surface area contributed by atoms with E-state index < -0.39 is 11.8 Å². The molecule has 0 aliphatic rings. The Morgan fingerprint density at radius 2 is 2.31 bits per heavy atom. The lowest BCUT2D eigenvalue weighted by Crippen LogP contribution is -1.93. The standard InChI is InChI=1S/C8H4FNO3/c9-5-3-1-2-4-6(5)10-13-7(4)8(11)12/h1-3H,(H,11,12). The lowest BCUT2D eigenvalue weighted by molar-refractivity contribution is 0.0655. The van der Waals surface area contributed by atoms with Crippen molar-refractivity contribution in [3.05, 3.63) is 29.8 Å². The summed E-state index contributed by atoms with van der Waals surface area (Å²) in [5, 5.41) is 12.1. The van der Waals surface area contributed by atoms with Crippen LogP contribution < -0.4 is 0 Å². The lowest BCUT2D eigenvalue weighted by atomic mass is 10.2. The van der Waals surface area contributed by atoms with Crippen molar-refractivity contribution < 1.29 is 18.8 Å². The highest BCUT2D eigenvalue weighted by molar-refractivity contribution is 5.99. The molecule has 0 saturated carbocycles. The second kappa shape index (κ2) is 2.55. The molecule has 0 aliphatic carbocycles. The molecule has 0 saturated heterocycles. The molecule has 4 nitrogen and oxygen atoms in total. The average molecular weight is 181 g/mol. The van der Waals surface area contributed by atoms with E-state index >= 15 is 0 Å². The minimum absolute atomic E-state index is 0.0556. The number of carbonyl (C=O) groups is 1. The minimum Gasteiger partial charge on any atom is -0.475 e. The van der Waals surface area contributed by atoms with Gasteiger partial charge in [-0.25, -0.2) is 9.18 Å². The molecule has 0 fully saturated rings. The van der Waals surface area contributed by atoms with E-state index in [1.807, 2.05) is 0 Å². The topological polar surface area (TPSA) is 63.3 Å². The number of fused-ring (bicyclic) bond motifs is 1. The van der Waals surface area contributed by atoms with Crippen molar-refractivity contribution >= 4 is 16.9 Å². The van der Waals surface area contributed by atoms with Crippen LogP contribution in [0.2, 0.25) is 0 Å². The number of aromatic nitrogens is 1. The monoisotopic (exact) mass is 181 g/mol. The molecule has 0 spiro atoms. The molecule has 2 rings (SSSR count). The van der Waals surface area contributed by atoms with Gasteiger partial charge in [0.15, 0.2) is 5.82 Å². The minimum atomic E-state index is -1.26. The highest BCUT2D eigenvalue weighted by Gasteiger charge is 2.16. The number of rotatable bonds is 1. The molecule has 0 aliphatic heterocycles. The largest absolute Gasteiger partial charge is 0.475 e. The van der Waals surface area contributed by atoms with Crippen molar-refractivity contribution in [2.75, 3.05) is 0 Å². The van der Waals surface area contributed by atoms with Gasteiger partial charge in [0.1, 0.15) is 5.52 Å². The van der Waals surface area contributed by atoms with Gasteiger partial charge in [-0.2, -0.15) is 0 Å². The Morgan fingerprint density at radius 3 is 3.00 bits per heavy atom. The Labute approximate surface area is 71.6 Å². The summed E-state index contributed by atoms with van der Waals surface area (Å²) in [4.78, 5) is 10.5. The number of aromatic carboxylic acids is 1. The molecule has 0 bridgehead atoms. The van der Waals surface area contributed by atoms with E-state index in [0.29, 0.717) is 0 Å². The van der Waals surface area contributed by atoms with Gasteiger partial charge in [-0.15, -0.1) is 0 Å². The van der Waals surface area contributed by atoms with E-state index in [2.05, 4.69) is 9.68 Å². The van der Waals surface area contributed by atoms with Crippen LogP contribution in [0.4, 0.5) is 4.39 Å². The van der Waals surface area contributed by atoms with Crippen LogP contribution in [0.5, 0.6) is 0 Å². The number of carboxylic acid groups (broad SMARTS) is 1. The fraction of sp³-hybridized carbons (Fsp3) is 0. The van der Waals surface area contributed by atoms with E-state index in [1.165, 1.54) is 18.2 Å². The quantitative estimate of drug-likeness (QED) is 0.726. The van der Waals surface area contributed by atoms with Crippen LogP contribution in [0.25, 0.3) is 10.9 Å². The van der Waals surface area contributed by atoms with Crippen LogP contribution in [-0.2, 0) is 0 Å². The van der Waals surface area contributed by atoms with Crippen LogP contribution in [-0.4, -0.2) is 16.2 Å². The molecular weight excluding hydrogens is 177 g/mol. The van der Waals surface area contributed by atoms with E-state index in [9.17, 15) is 9.18 Å². The third-order valence-corrected chi connectivity index (χ3v) is 1.65. The van der Waals surface area contributed by atoms with Crippen LogP contribution in [0.3, 0.4) is 0 Å². The zero-order valence-electron chi connectivity index (χ0n) is 6.32. The Morgan fingerprint density at radius 1 is 1.54 bits per heavy atom. The average Bonchev–Trinajstić information content (AvgIpc) is 2.48. The predicted octanol–water partition coefficient (Wildman–Crippen LogP) is 1.67. The Balaban J connectivity index is 2.83. The lowest BCUT2D eigenvalue weighted by Gasteiger charge is -1.88. The first-order chi connectivity index (χ1) is 6.20. The summed E-state index contributed by atoms with van der Waals surface area (Å²) < 4.78 is 17.4. The van der Waals surface area contributed by atoms with Gasteiger partial charge in [-0.05, 0) is 12.1 Å². The highest BCUT2D eigenvalue weighted by Crippen LogP contribution is 2.20. The van der Waals surface area contributed by atoms with Gasteiger partial charge in [-0.3, -0.25) is 0 Å². The van der Waals surface area contributed by atoms with Crippen molar-refractivity contribution in [3.8, 4) is 0 Å². The second-order valence-corrected chi connectivity index (χ2v) is 2.45. The van der Waals surface area contributed by atoms with Crippen LogP contribution >= 0.6 is 0 Å². The molecule has 2 aromatic rings. The van der Waals surface area contributed by atoms with Gasteiger partial charge in [0.25, 0.3) is 5.76 Å². The van der Waals surface area contributed by atoms with E-state index in [4.69, 9.17) is 5.11 Å². The zero-order valence-corrected chi connectivity index (χ0v) is 6.32. The molecule has 0 radical (unpaired) electrons. The molecule has 1 N–H and O–H groups in total. The highest BCUT2D eigenvalue weighted by atomic mass is 19.1. The summed E-state index contributed by atoms with van der Waals surface area (Å²) in [6.07, 6.45) is 0. The number of hydrogen-bond acceptors (Lipinski definition) is 3. The molecule has 0 amide bonds. The maximum atomic E-state index is 12.9. The fourth-order valence-electron chi connectivity index (χ4n) is 1.09. The first-order valence-corrected chi connectivity index (χ1v) is 3.47. The van der Waals surface area contributed by atoms with Crippen LogP contribution in [0, 0.1) is 5.82 Å². The third-order valence-electron chi connectivity index (χ3n) is 1.65. The van der Waals surface area contributed by atoms with Crippen LogP contribution in [0.15, 0.2) is 22.7 Å². The summed E-state index contributed by atoms with van der Waals surface area (Å²) >= 11 is 0. The van der Waals surface area contributed by atoms with Crippen molar-refractivity contribution in [1.82, 2.24) is 5.16 Å². The number of nitrogens with zero attached hydrogens (tertiary/aromatic N) is 1. The normalized spacial score (nSPS) is 10.5. The Kier molecular flexibility index (Phi) is 1.51. The van der Waals surface area contributed by atoms with Gasteiger partial charge < -0.3 is 9.63 Å². The molecule has 1 aromatic heterocycles. The molecule has 5 heteroatoms. The van der Waals surface area contributed by atoms with E-state index in [-0.39, 0.29) is 16.7 Å². The molecule has 0 atom stereocenters. The van der Waals surface area contributed by atoms with Crippen molar-refractivity contribution in [2.24, 2.45) is 0 Å². The number of benzene rings is 1. The Bertz CT molecular complexity index is 477. The van der Waals surface area contributed by atoms with Crippen molar-refractivity contribution in [2.45, 2.75) is 0 Å². The van der Waals surface area contributed by atoms with Gasteiger partial charge >= 0.3 is 5.97 Å². The summed E-state index contributed by atoms with van der Waals surface area (Å²) in [5.41, 5.74) is -0.0556. The van der Waals surface area contributed by atoms with Crippen LogP contribution in [0.1, 0.15) is 10.6 Å². The maximum Gasteiger partial charge on any atom is 0.375 e. The molecule has 66 valence electrons. The number of hydrogen-bond donors (Lipinski definition) is 1. The van der Waals surface area contributed by atoms with Gasteiger partial charge in [-0.1, -0.05) is 11.2 Å². The van der Waals surface area contributed by atoms with Gasteiger partial charge in [0, 0.05) is 0 Å². The second-order valence-electron chi connectivity index (χ2n) is 2.45. The van der Waals surface area contributed by atoms with E-state index in [1.54, 1.807) is 0 Å². The van der Waals surface area contributed by atoms with Crippen molar-refractivity contribution in [3.63, 3.8) is 0 Å². The first kappa shape index (κ1) is 7.72. The van der Waals surface area contributed by atoms with Crippen molar-refractivity contribution in [1.29, 1.82) is 0 Å². The summed E-state index contributed by atoms with van der Waals surface area (Å²) in [7, 11) is 0. The Hall–Kier alpha value is -1.91. The smallest absolute Gasteiger partial charge is 0.375 e. The van der Waals surface area contributed by atoms with Gasteiger partial charge in [0.2, 0.25) is 0 Å². The zero-order chi connectivity index (χ0) is 9.42. The predicted molar refractivity (Wildman–Crippen MR) is 40.9 cm³/mol. The van der Waals surface area contributed by atoms with Gasteiger partial charge in [0.05, 0.1) is 5.39 Å². The number of carboxylic acids is 1. The number of halogens is 1. The fourth-order valence-corrected chi connectivity index (χ4v) is 1.09. The molecule has 1 heterocycles.